The van der Waals surface area contributed by atoms with Crippen LogP contribution in [0.4, 0.5) is 0 Å². The van der Waals surface area contributed by atoms with Gasteiger partial charge < -0.3 is 4.42 Å². The SMILES string of the molecule is CC1(C)c2cc(-c3cc4ccc5cccc6ccc(c3)c4c56)ccc2-c2c(-c3ccc4c(c3)oc3ccccc34)cc3ccccc3c21. The number of para-hydroxylation sites is 1. The lowest BCUT2D eigenvalue weighted by molar-refractivity contribution is 0.666. The fourth-order valence-corrected chi connectivity index (χ4v) is 8.91. The van der Waals surface area contributed by atoms with Crippen LogP contribution in [-0.2, 0) is 5.41 Å². The van der Waals surface area contributed by atoms with Crippen LogP contribution in [0.3, 0.4) is 0 Å². The molecule has 0 spiro atoms. The van der Waals surface area contributed by atoms with Gasteiger partial charge in [0, 0.05) is 16.2 Å². The standard InChI is InChI=1S/C47H30O/c1-47(2)40-25-29(34-22-32-16-14-27-9-7-10-28-15-17-33(23-34)44(32)43(27)28)18-21-38(40)45-39(24-30-8-3-4-11-35(30)46(45)47)31-19-20-37-36-12-5-6-13-41(36)48-42(37)26-31/h3-26H,1-2H3. The third-order valence-electron chi connectivity index (χ3n) is 11.1. The molecule has 0 saturated carbocycles. The lowest BCUT2D eigenvalue weighted by atomic mass is 9.78. The van der Waals surface area contributed by atoms with Crippen LogP contribution in [0.25, 0.3) is 98.4 Å². The minimum absolute atomic E-state index is 0.185. The Bertz CT molecular complexity index is 2910. The van der Waals surface area contributed by atoms with Crippen LogP contribution in [0.5, 0.6) is 0 Å². The summed E-state index contributed by atoms with van der Waals surface area (Å²) in [6, 6.07) is 54.0. The van der Waals surface area contributed by atoms with Gasteiger partial charge in [-0.25, -0.2) is 0 Å². The van der Waals surface area contributed by atoms with Crippen molar-refractivity contribution in [1.82, 2.24) is 0 Å². The van der Waals surface area contributed by atoms with Crippen molar-refractivity contribution < 1.29 is 4.42 Å². The summed E-state index contributed by atoms with van der Waals surface area (Å²) >= 11 is 0. The Kier molecular flexibility index (Phi) is 4.97. The quantitative estimate of drug-likeness (QED) is 0.178. The van der Waals surface area contributed by atoms with E-state index in [2.05, 4.69) is 153 Å². The van der Waals surface area contributed by atoms with E-state index in [1.54, 1.807) is 0 Å². The molecule has 1 aliphatic carbocycles. The van der Waals surface area contributed by atoms with Crippen LogP contribution in [-0.4, -0.2) is 0 Å². The van der Waals surface area contributed by atoms with Crippen LogP contribution in [0, 0.1) is 0 Å². The van der Waals surface area contributed by atoms with Crippen molar-refractivity contribution in [3.8, 4) is 33.4 Å². The summed E-state index contributed by atoms with van der Waals surface area (Å²) < 4.78 is 6.37. The van der Waals surface area contributed by atoms with Crippen molar-refractivity contribution in [3.05, 3.63) is 157 Å². The maximum atomic E-state index is 6.37. The average Bonchev–Trinajstić information content (AvgIpc) is 3.61. The zero-order valence-corrected chi connectivity index (χ0v) is 26.8. The molecular formula is C47H30O. The fraction of sp³-hybridized carbons (Fsp3) is 0.0638. The topological polar surface area (TPSA) is 13.1 Å². The van der Waals surface area contributed by atoms with E-state index in [1.165, 1.54) is 87.6 Å². The van der Waals surface area contributed by atoms with Gasteiger partial charge in [-0.05, 0) is 130 Å². The van der Waals surface area contributed by atoms with Gasteiger partial charge in [0.1, 0.15) is 11.2 Å². The Morgan fingerprint density at radius 1 is 0.417 bits per heavy atom. The van der Waals surface area contributed by atoms with E-state index in [4.69, 9.17) is 4.42 Å². The molecule has 1 heteroatoms. The second kappa shape index (κ2) is 9.12. The highest BCUT2D eigenvalue weighted by Gasteiger charge is 2.39. The number of hydrogen-bond acceptors (Lipinski definition) is 1. The van der Waals surface area contributed by atoms with Gasteiger partial charge in [0.15, 0.2) is 0 Å². The first-order chi connectivity index (χ1) is 23.5. The molecule has 1 nitrogen and oxygen atoms in total. The van der Waals surface area contributed by atoms with Crippen molar-refractivity contribution in [3.63, 3.8) is 0 Å². The summed E-state index contributed by atoms with van der Waals surface area (Å²) in [5.41, 5.74) is 12.1. The predicted molar refractivity (Wildman–Crippen MR) is 203 cm³/mol. The molecule has 1 aromatic heterocycles. The lowest BCUT2D eigenvalue weighted by Crippen LogP contribution is -2.15. The summed E-state index contributed by atoms with van der Waals surface area (Å²) in [5.74, 6) is 0. The Labute approximate surface area is 278 Å². The van der Waals surface area contributed by atoms with Gasteiger partial charge in [-0.1, -0.05) is 117 Å². The van der Waals surface area contributed by atoms with Gasteiger partial charge in [0.05, 0.1) is 0 Å². The van der Waals surface area contributed by atoms with Gasteiger partial charge in [-0.2, -0.15) is 0 Å². The number of hydrogen-bond donors (Lipinski definition) is 0. The molecule has 0 fully saturated rings. The van der Waals surface area contributed by atoms with Crippen LogP contribution in [0.15, 0.2) is 150 Å². The third kappa shape index (κ3) is 3.40. The van der Waals surface area contributed by atoms with E-state index in [0.29, 0.717) is 0 Å². The highest BCUT2D eigenvalue weighted by atomic mass is 16.3. The summed E-state index contributed by atoms with van der Waals surface area (Å²) in [6.07, 6.45) is 0. The summed E-state index contributed by atoms with van der Waals surface area (Å²) in [5, 5.41) is 12.8. The molecule has 9 aromatic carbocycles. The maximum Gasteiger partial charge on any atom is 0.136 e. The van der Waals surface area contributed by atoms with Crippen LogP contribution in [0.1, 0.15) is 25.0 Å². The number of fused-ring (bicyclic) bond motifs is 8. The molecule has 224 valence electrons. The van der Waals surface area contributed by atoms with E-state index in [-0.39, 0.29) is 5.41 Å². The molecule has 0 radical (unpaired) electrons. The van der Waals surface area contributed by atoms with Crippen molar-refractivity contribution in [2.45, 2.75) is 19.3 Å². The van der Waals surface area contributed by atoms with Crippen molar-refractivity contribution in [2.75, 3.05) is 0 Å². The molecule has 1 heterocycles. The largest absolute Gasteiger partial charge is 0.456 e. The van der Waals surface area contributed by atoms with E-state index >= 15 is 0 Å². The normalized spacial score (nSPS) is 13.8. The van der Waals surface area contributed by atoms with Crippen LogP contribution in [0.2, 0.25) is 0 Å². The number of benzene rings is 9. The minimum atomic E-state index is -0.185. The van der Waals surface area contributed by atoms with Gasteiger partial charge in [0.25, 0.3) is 0 Å². The molecule has 0 unspecified atom stereocenters. The van der Waals surface area contributed by atoms with Crippen LogP contribution >= 0.6 is 0 Å². The highest BCUT2D eigenvalue weighted by molar-refractivity contribution is 6.23. The van der Waals surface area contributed by atoms with Crippen LogP contribution < -0.4 is 0 Å². The highest BCUT2D eigenvalue weighted by Crippen LogP contribution is 2.56. The van der Waals surface area contributed by atoms with E-state index < -0.39 is 0 Å². The summed E-state index contributed by atoms with van der Waals surface area (Å²) in [4.78, 5) is 0. The molecular weight excluding hydrogens is 581 g/mol. The number of furan rings is 1. The van der Waals surface area contributed by atoms with Crippen molar-refractivity contribution in [1.29, 1.82) is 0 Å². The molecule has 0 bridgehead atoms. The Morgan fingerprint density at radius 2 is 1.06 bits per heavy atom. The summed E-state index contributed by atoms with van der Waals surface area (Å²) in [6.45, 7) is 4.81. The van der Waals surface area contributed by atoms with Gasteiger partial charge in [0.2, 0.25) is 0 Å². The van der Waals surface area contributed by atoms with Gasteiger partial charge in [-0.3, -0.25) is 0 Å². The monoisotopic (exact) mass is 610 g/mol. The van der Waals surface area contributed by atoms with Crippen molar-refractivity contribution in [2.24, 2.45) is 0 Å². The molecule has 48 heavy (non-hydrogen) atoms. The second-order valence-electron chi connectivity index (χ2n) is 14.1. The van der Waals surface area contributed by atoms with Gasteiger partial charge >= 0.3 is 0 Å². The first-order valence-electron chi connectivity index (χ1n) is 16.8. The third-order valence-corrected chi connectivity index (χ3v) is 11.1. The average molecular weight is 611 g/mol. The number of rotatable bonds is 2. The Morgan fingerprint density at radius 3 is 1.88 bits per heavy atom. The summed E-state index contributed by atoms with van der Waals surface area (Å²) in [7, 11) is 0. The van der Waals surface area contributed by atoms with Gasteiger partial charge in [-0.15, -0.1) is 0 Å². The second-order valence-corrected chi connectivity index (χ2v) is 14.1. The first kappa shape index (κ1) is 26.2. The lowest BCUT2D eigenvalue weighted by Gasteiger charge is -2.24. The smallest absolute Gasteiger partial charge is 0.136 e. The molecule has 0 amide bonds. The Balaban J connectivity index is 1.14. The zero-order chi connectivity index (χ0) is 31.7. The molecule has 10 aromatic rings. The molecule has 0 aliphatic heterocycles. The molecule has 0 atom stereocenters. The molecule has 0 N–H and O–H groups in total. The first-order valence-corrected chi connectivity index (χ1v) is 16.8. The minimum Gasteiger partial charge on any atom is -0.456 e. The van der Waals surface area contributed by atoms with E-state index in [1.807, 2.05) is 6.07 Å². The molecule has 1 aliphatic rings. The zero-order valence-electron chi connectivity index (χ0n) is 26.8. The fourth-order valence-electron chi connectivity index (χ4n) is 8.91. The van der Waals surface area contributed by atoms with E-state index in [9.17, 15) is 0 Å². The molecule has 0 saturated heterocycles. The predicted octanol–water partition coefficient (Wildman–Crippen LogP) is 13.3. The molecule has 11 rings (SSSR count). The Hall–Kier alpha value is -5.92. The van der Waals surface area contributed by atoms with E-state index in [0.717, 1.165) is 21.9 Å². The maximum absolute atomic E-state index is 6.37. The van der Waals surface area contributed by atoms with Crippen molar-refractivity contribution >= 4 is 65.0 Å².